The summed E-state index contributed by atoms with van der Waals surface area (Å²) in [7, 11) is 0. The van der Waals surface area contributed by atoms with Gasteiger partial charge in [0.05, 0.1) is 0 Å². The summed E-state index contributed by atoms with van der Waals surface area (Å²) in [4.78, 5) is 2.37. The maximum absolute atomic E-state index is 6.76. The molecule has 3 heteroatoms. The van der Waals surface area contributed by atoms with Crippen molar-refractivity contribution < 1.29 is 4.42 Å². The highest BCUT2D eigenvalue weighted by Gasteiger charge is 2.23. The summed E-state index contributed by atoms with van der Waals surface area (Å²) >= 11 is 1.87. The van der Waals surface area contributed by atoms with E-state index in [0.29, 0.717) is 0 Å². The molecular formula is C64H41NOS. The van der Waals surface area contributed by atoms with E-state index in [-0.39, 0.29) is 0 Å². The van der Waals surface area contributed by atoms with E-state index in [9.17, 15) is 0 Å². The Morgan fingerprint density at radius 2 is 0.746 bits per heavy atom. The van der Waals surface area contributed by atoms with Gasteiger partial charge in [-0.1, -0.05) is 200 Å². The van der Waals surface area contributed by atoms with Gasteiger partial charge in [0.15, 0.2) is 0 Å². The lowest BCUT2D eigenvalue weighted by Crippen LogP contribution is -2.09. The SMILES string of the molecule is c1ccc(-c2ccc(-c3c(-c4ccc(N(c5ccc(-c6ccccc6)cc5)c5ccc(-c6cccc7c6sc6ccccc67)cc5)cc4)c4ccccc4c4oc5ccccc5c34)cc2)cc1. The first kappa shape index (κ1) is 38.9. The van der Waals surface area contributed by atoms with Gasteiger partial charge in [-0.25, -0.2) is 0 Å². The first-order chi connectivity index (χ1) is 33.2. The molecule has 2 nitrogen and oxygen atoms in total. The monoisotopic (exact) mass is 871 g/mol. The van der Waals surface area contributed by atoms with Gasteiger partial charge in [0.1, 0.15) is 11.2 Å². The van der Waals surface area contributed by atoms with Gasteiger partial charge in [-0.05, 0) is 104 Å². The first-order valence-electron chi connectivity index (χ1n) is 22.8. The zero-order valence-corrected chi connectivity index (χ0v) is 37.3. The third kappa shape index (κ3) is 6.71. The van der Waals surface area contributed by atoms with E-state index < -0.39 is 0 Å². The Bertz CT molecular complexity index is 3930. The number of hydrogen-bond acceptors (Lipinski definition) is 3. The Balaban J connectivity index is 0.963. The summed E-state index contributed by atoms with van der Waals surface area (Å²) in [6.07, 6.45) is 0. The van der Waals surface area contributed by atoms with Gasteiger partial charge < -0.3 is 9.32 Å². The Hall–Kier alpha value is -8.50. The van der Waals surface area contributed by atoms with Crippen molar-refractivity contribution in [2.75, 3.05) is 4.90 Å². The van der Waals surface area contributed by atoms with E-state index in [0.717, 1.165) is 60.9 Å². The molecule has 0 saturated heterocycles. The Morgan fingerprint density at radius 1 is 0.299 bits per heavy atom. The first-order valence-corrected chi connectivity index (χ1v) is 23.6. The van der Waals surface area contributed by atoms with Crippen molar-refractivity contribution in [3.05, 3.63) is 249 Å². The van der Waals surface area contributed by atoms with Crippen LogP contribution in [0.3, 0.4) is 0 Å². The molecule has 0 unspecified atom stereocenters. The fourth-order valence-electron chi connectivity index (χ4n) is 10.1. The van der Waals surface area contributed by atoms with Crippen molar-refractivity contribution in [2.45, 2.75) is 0 Å². The van der Waals surface area contributed by atoms with Crippen LogP contribution in [0.5, 0.6) is 0 Å². The number of benzene rings is 11. The lowest BCUT2D eigenvalue weighted by molar-refractivity contribution is 0.673. The average molecular weight is 872 g/mol. The standard InChI is InChI=1S/C64H41NOS/c1-3-14-42(15-4-1)44-26-28-48(29-27-44)61-60(54-19-7-8-20-55(54)63-62(61)57-21-9-11-24-58(57)66-63)47-34-40-51(41-35-47)65(49-36-30-45(31-37-49)43-16-5-2-6-17-43)50-38-32-46(33-39-50)52-22-13-23-56-53-18-10-12-25-59(53)67-64(52)56/h1-41H. The molecule has 0 amide bonds. The number of hydrogen-bond donors (Lipinski definition) is 0. The molecule has 314 valence electrons. The van der Waals surface area contributed by atoms with Crippen LogP contribution < -0.4 is 4.90 Å². The molecule has 13 rings (SSSR count). The average Bonchev–Trinajstić information content (AvgIpc) is 3.99. The Kier molecular flexibility index (Phi) is 9.40. The van der Waals surface area contributed by atoms with Crippen LogP contribution in [-0.2, 0) is 0 Å². The number of fused-ring (bicyclic) bond motifs is 8. The number of furan rings is 1. The van der Waals surface area contributed by atoms with Crippen molar-refractivity contribution in [1.29, 1.82) is 0 Å². The van der Waals surface area contributed by atoms with Crippen LogP contribution in [0.1, 0.15) is 0 Å². The second-order valence-electron chi connectivity index (χ2n) is 17.2. The minimum atomic E-state index is 0.887. The molecule has 0 fully saturated rings. The third-order valence-electron chi connectivity index (χ3n) is 13.3. The summed E-state index contributed by atoms with van der Waals surface area (Å²) in [6, 6.07) is 90.0. The molecule has 2 aromatic heterocycles. The van der Waals surface area contributed by atoms with E-state index in [1.54, 1.807) is 0 Å². The van der Waals surface area contributed by atoms with Crippen LogP contribution >= 0.6 is 11.3 Å². The zero-order valence-electron chi connectivity index (χ0n) is 36.4. The largest absolute Gasteiger partial charge is 0.455 e. The molecule has 67 heavy (non-hydrogen) atoms. The molecule has 0 atom stereocenters. The number of thiophene rings is 1. The molecule has 0 radical (unpaired) electrons. The van der Waals surface area contributed by atoms with Crippen molar-refractivity contribution in [2.24, 2.45) is 0 Å². The molecule has 0 spiro atoms. The molecule has 0 aliphatic carbocycles. The minimum Gasteiger partial charge on any atom is -0.455 e. The van der Waals surface area contributed by atoms with Gasteiger partial charge in [0, 0.05) is 59.0 Å². The van der Waals surface area contributed by atoms with Crippen LogP contribution in [0.25, 0.3) is 109 Å². The van der Waals surface area contributed by atoms with Crippen LogP contribution in [0.4, 0.5) is 17.1 Å². The molecule has 0 saturated carbocycles. The quantitative estimate of drug-likeness (QED) is 0.151. The number of rotatable bonds is 8. The smallest absolute Gasteiger partial charge is 0.143 e. The van der Waals surface area contributed by atoms with Crippen LogP contribution in [0, 0.1) is 0 Å². The molecule has 0 aliphatic rings. The molecule has 0 N–H and O–H groups in total. The minimum absolute atomic E-state index is 0.887. The van der Waals surface area contributed by atoms with E-state index in [1.807, 2.05) is 11.3 Å². The maximum atomic E-state index is 6.76. The lowest BCUT2D eigenvalue weighted by Gasteiger charge is -2.26. The predicted molar refractivity (Wildman–Crippen MR) is 286 cm³/mol. The lowest BCUT2D eigenvalue weighted by atomic mass is 9.86. The number of nitrogens with zero attached hydrogens (tertiary/aromatic N) is 1. The molecule has 0 aliphatic heterocycles. The van der Waals surface area contributed by atoms with Crippen molar-refractivity contribution in [3.8, 4) is 55.6 Å². The van der Waals surface area contributed by atoms with Crippen molar-refractivity contribution in [3.63, 3.8) is 0 Å². The van der Waals surface area contributed by atoms with Gasteiger partial charge in [-0.15, -0.1) is 11.3 Å². The number of para-hydroxylation sites is 1. The Labute approximate surface area is 392 Å². The topological polar surface area (TPSA) is 16.4 Å². The van der Waals surface area contributed by atoms with E-state index in [2.05, 4.69) is 254 Å². The zero-order chi connectivity index (χ0) is 44.3. The molecule has 11 aromatic carbocycles. The summed E-state index contributed by atoms with van der Waals surface area (Å²) < 4.78 is 9.40. The van der Waals surface area contributed by atoms with Crippen molar-refractivity contribution >= 4 is 81.3 Å². The highest BCUT2D eigenvalue weighted by molar-refractivity contribution is 7.26. The highest BCUT2D eigenvalue weighted by Crippen LogP contribution is 2.49. The van der Waals surface area contributed by atoms with Gasteiger partial charge in [0.25, 0.3) is 0 Å². The van der Waals surface area contributed by atoms with E-state index in [4.69, 9.17) is 4.42 Å². The number of anilines is 3. The predicted octanol–water partition coefficient (Wildman–Crippen LogP) is 18.9. The summed E-state index contributed by atoms with van der Waals surface area (Å²) in [5.74, 6) is 0. The second kappa shape index (κ2) is 16.2. The fourth-order valence-corrected chi connectivity index (χ4v) is 11.4. The van der Waals surface area contributed by atoms with Crippen molar-refractivity contribution in [1.82, 2.24) is 0 Å². The summed E-state index contributed by atoms with van der Waals surface area (Å²) in [5, 5.41) is 7.12. The third-order valence-corrected chi connectivity index (χ3v) is 14.5. The summed E-state index contributed by atoms with van der Waals surface area (Å²) in [6.45, 7) is 0. The van der Waals surface area contributed by atoms with Crippen LogP contribution in [0.15, 0.2) is 253 Å². The van der Waals surface area contributed by atoms with Gasteiger partial charge in [0.2, 0.25) is 0 Å². The molecule has 13 aromatic rings. The second-order valence-corrected chi connectivity index (χ2v) is 18.2. The molecular weight excluding hydrogens is 831 g/mol. The van der Waals surface area contributed by atoms with Gasteiger partial charge in [-0.3, -0.25) is 0 Å². The van der Waals surface area contributed by atoms with Crippen LogP contribution in [-0.4, -0.2) is 0 Å². The maximum Gasteiger partial charge on any atom is 0.143 e. The summed E-state index contributed by atoms with van der Waals surface area (Å²) in [5.41, 5.74) is 16.9. The normalized spacial score (nSPS) is 11.6. The van der Waals surface area contributed by atoms with E-state index >= 15 is 0 Å². The molecule has 2 heterocycles. The van der Waals surface area contributed by atoms with Crippen LogP contribution in [0.2, 0.25) is 0 Å². The fraction of sp³-hybridized carbons (Fsp3) is 0. The molecule has 0 bridgehead atoms. The van der Waals surface area contributed by atoms with Gasteiger partial charge in [-0.2, -0.15) is 0 Å². The van der Waals surface area contributed by atoms with Gasteiger partial charge >= 0.3 is 0 Å². The highest BCUT2D eigenvalue weighted by atomic mass is 32.1. The van der Waals surface area contributed by atoms with E-state index in [1.165, 1.54) is 64.7 Å². The Morgan fingerprint density at radius 3 is 1.39 bits per heavy atom.